The van der Waals surface area contributed by atoms with Gasteiger partial charge in [-0.2, -0.15) is 0 Å². The van der Waals surface area contributed by atoms with E-state index in [9.17, 15) is 99.4 Å². The van der Waals surface area contributed by atoms with E-state index in [2.05, 4.69) is 44.6 Å². The molecule has 1 amide bonds. The molecular weight excluding hydrogens is 1680 g/mol. The number of aldehydes is 1. The van der Waals surface area contributed by atoms with Crippen molar-refractivity contribution < 1.29 is 132 Å². The Morgan fingerprint density at radius 1 is 0.564 bits per heavy atom. The average Bonchev–Trinajstić information content (AvgIpc) is 1.57. The minimum atomic E-state index is -4.93. The lowest BCUT2D eigenvalue weighted by Gasteiger charge is -2.30. The topological polar surface area (TPSA) is 296 Å². The molecular formula is C76H59Cl4F15N6O16. The smallest absolute Gasteiger partial charge is 0.460 e. The molecule has 4 heterocycles. The van der Waals surface area contributed by atoms with Crippen LogP contribution in [0.2, 0.25) is 15.1 Å². The molecule has 4 N–H and O–H groups in total. The molecule has 0 saturated heterocycles. The van der Waals surface area contributed by atoms with E-state index in [0.717, 1.165) is 55.1 Å². The van der Waals surface area contributed by atoms with Gasteiger partial charge in [-0.1, -0.05) is 59.1 Å². The fourth-order valence-corrected chi connectivity index (χ4v) is 11.0. The van der Waals surface area contributed by atoms with E-state index in [1.54, 1.807) is 55.5 Å². The molecule has 10 aromatic rings. The summed E-state index contributed by atoms with van der Waals surface area (Å²) < 4.78 is 231. The molecule has 2 aliphatic rings. The van der Waals surface area contributed by atoms with Gasteiger partial charge in [0.1, 0.15) is 64.6 Å². The second-order valence-corrected chi connectivity index (χ2v) is 25.9. The van der Waals surface area contributed by atoms with Gasteiger partial charge < -0.3 is 52.6 Å². The number of carbonyl (C=O) groups is 5. The van der Waals surface area contributed by atoms with Crippen molar-refractivity contribution >= 4 is 111 Å². The van der Waals surface area contributed by atoms with Crippen LogP contribution in [0, 0.1) is 0 Å². The number of carbonyl (C=O) groups excluding carboxylic acids is 5. The third-order valence-electron chi connectivity index (χ3n) is 14.8. The summed E-state index contributed by atoms with van der Waals surface area (Å²) in [5.74, 6) is -14.0. The first kappa shape index (κ1) is 92.4. The molecule has 0 spiro atoms. The number of hydrogen-bond donors (Lipinski definition) is 3. The summed E-state index contributed by atoms with van der Waals surface area (Å²) in [6, 6.07) is 36.8. The number of nitrogens with two attached hydrogens (primary N) is 1. The minimum absolute atomic E-state index is 0. The first-order valence-electron chi connectivity index (χ1n) is 33.1. The number of ether oxygens (including phenoxy) is 7. The van der Waals surface area contributed by atoms with Crippen LogP contribution in [0.3, 0.4) is 0 Å². The molecule has 117 heavy (non-hydrogen) atoms. The number of aromatic nitrogens is 2. The Morgan fingerprint density at radius 2 is 0.983 bits per heavy atom. The Morgan fingerprint density at radius 3 is 1.40 bits per heavy atom. The van der Waals surface area contributed by atoms with Crippen LogP contribution in [0.1, 0.15) is 77.6 Å². The predicted octanol–water partition coefficient (Wildman–Crippen LogP) is 19.6. The van der Waals surface area contributed by atoms with Crippen LogP contribution in [0.4, 0.5) is 65.9 Å². The standard InChI is InChI=1S/C29H19ClF5N3O5.C17H13ClF5NO2.C14H8ClF3O3.C13H11NO6.C3H7F2N.ClH/c1-28(31,32)13-38-24(14-5-7-16(8-6-14)41-17-9-15(30)10-18(11-17)43-29(33,34)35)22-20(26(38)39)12-36-23(22)19-3-2-4-21-25(19)42-27(40)37-21;1-16(19,20)10-24-9-11-2-4-13(5-3-11)25-14-6-12(18)7-15(8-14)26-17(21,22)23;15-10-5-12(7-13(6-10)21-14(16,17)18)20-11-3-1-9(8-19)2-4-11;1-2-19-12(17)10(16)6-9(15)7-4-3-5-8-11(7)20-13(18)14-8;1-3(4,5)2-6;/h2-11,24H,12-13H2,1H3,(H,37,40);2-9H,10H2,1H3;1-8H;3-5H,2,6H2,1H3,(H,14,18);2,6H2,1H3;1H. The van der Waals surface area contributed by atoms with Gasteiger partial charge in [0.05, 0.1) is 61.0 Å². The highest BCUT2D eigenvalue weighted by Crippen LogP contribution is 2.46. The molecule has 22 nitrogen and oxygen atoms in total. The number of para-hydroxylation sites is 2. The summed E-state index contributed by atoms with van der Waals surface area (Å²) in [4.78, 5) is 95.7. The highest BCUT2D eigenvalue weighted by molar-refractivity contribution is 6.38. The molecule has 8 aromatic carbocycles. The van der Waals surface area contributed by atoms with Crippen molar-refractivity contribution in [1.82, 2.24) is 14.9 Å². The molecule has 12 rings (SSSR count). The molecule has 0 fully saturated rings. The van der Waals surface area contributed by atoms with Crippen molar-refractivity contribution in [3.63, 3.8) is 0 Å². The fraction of sp³-hybridized carbons (Fsp3) is 0.224. The number of fused-ring (bicyclic) bond motifs is 2. The van der Waals surface area contributed by atoms with Gasteiger partial charge in [-0.15, -0.1) is 51.9 Å². The number of benzene rings is 8. The maximum absolute atomic E-state index is 14.3. The van der Waals surface area contributed by atoms with Gasteiger partial charge in [-0.3, -0.25) is 39.1 Å². The summed E-state index contributed by atoms with van der Waals surface area (Å²) in [5, 5.41) is -0.0166. The summed E-state index contributed by atoms with van der Waals surface area (Å²) in [5.41, 5.74) is 8.53. The first-order chi connectivity index (χ1) is 54.2. The maximum atomic E-state index is 14.3. The second kappa shape index (κ2) is 39.2. The van der Waals surface area contributed by atoms with Gasteiger partial charge in [-0.05, 0) is 139 Å². The van der Waals surface area contributed by atoms with Crippen LogP contribution in [0.25, 0.3) is 22.2 Å². The van der Waals surface area contributed by atoms with E-state index < -0.39 is 121 Å². The number of esters is 1. The molecule has 41 heteroatoms. The molecule has 2 aromatic heterocycles. The number of H-pyrrole nitrogens is 2. The van der Waals surface area contributed by atoms with Crippen molar-refractivity contribution in [3.8, 4) is 51.7 Å². The Labute approximate surface area is 670 Å². The van der Waals surface area contributed by atoms with Gasteiger partial charge in [0.2, 0.25) is 5.78 Å². The lowest BCUT2D eigenvalue weighted by Crippen LogP contribution is -2.40. The number of halogens is 19. The Bertz CT molecular complexity index is 5410. The van der Waals surface area contributed by atoms with Crippen LogP contribution in [0.5, 0.6) is 51.7 Å². The van der Waals surface area contributed by atoms with E-state index in [-0.39, 0.29) is 85.9 Å². The molecule has 0 saturated carbocycles. The lowest BCUT2D eigenvalue weighted by molar-refractivity contribution is -0.275. The Hall–Kier alpha value is -11.8. The largest absolute Gasteiger partial charge is 0.573 e. The van der Waals surface area contributed by atoms with Crippen LogP contribution < -0.4 is 45.7 Å². The number of hydrogen-bond acceptors (Lipinski definition) is 19. The number of aromatic amines is 2. The van der Waals surface area contributed by atoms with Crippen molar-refractivity contribution in [2.24, 2.45) is 15.7 Å². The van der Waals surface area contributed by atoms with Gasteiger partial charge in [0.15, 0.2) is 16.9 Å². The Balaban J connectivity index is 0.000000221. The van der Waals surface area contributed by atoms with Crippen LogP contribution in [0.15, 0.2) is 203 Å². The van der Waals surface area contributed by atoms with Crippen molar-refractivity contribution in [3.05, 3.63) is 239 Å². The second-order valence-electron chi connectivity index (χ2n) is 24.6. The maximum Gasteiger partial charge on any atom is 0.573 e. The van der Waals surface area contributed by atoms with Crippen LogP contribution in [-0.4, -0.2) is 126 Å². The number of Topliss-reactive ketones (excluding diaryl/α,β-unsaturated/α-hetero) is 2. The molecule has 0 bridgehead atoms. The van der Waals surface area contributed by atoms with E-state index in [1.165, 1.54) is 85.1 Å². The van der Waals surface area contributed by atoms with Crippen molar-refractivity contribution in [2.75, 3.05) is 32.8 Å². The Kier molecular flexibility index (Phi) is 31.0. The number of nitrogens with one attached hydrogen (secondary N) is 2. The van der Waals surface area contributed by atoms with Gasteiger partial charge in [-0.25, -0.2) is 40.7 Å². The average molecular weight is 1740 g/mol. The highest BCUT2D eigenvalue weighted by Gasteiger charge is 2.48. The third-order valence-corrected chi connectivity index (χ3v) is 15.5. The first-order valence-corrected chi connectivity index (χ1v) is 34.2. The minimum Gasteiger partial charge on any atom is -0.460 e. The van der Waals surface area contributed by atoms with Crippen LogP contribution in [-0.2, 0) is 19.1 Å². The molecule has 1 unspecified atom stereocenters. The number of aliphatic imine (C=N–C) groups is 2. The highest BCUT2D eigenvalue weighted by atomic mass is 35.5. The van der Waals surface area contributed by atoms with Gasteiger partial charge in [0, 0.05) is 82.5 Å². The van der Waals surface area contributed by atoms with E-state index in [4.69, 9.17) is 57.8 Å². The number of nitrogens with zero attached hydrogens (tertiary/aromatic N) is 3. The SMILES string of the molecule is CC(F)(F)CN.CC(F)(F)CN1C(=O)C2=C(C(c3cccc4[nH]c(=O)oc34)=NC2)C1c1ccc(Oc2cc(Cl)cc(OC(F)(F)F)c2)cc1.CC(F)(F)CN=Cc1ccc(Oc2cc(Cl)cc(OC(F)(F)F)c2)cc1.CCOC(=O)C(=O)CC(=O)c1cccc2[nH]c(=O)oc12.Cl.O=Cc1ccc(Oc2cc(Cl)cc(OC(F)(F)F)c2)cc1. The zero-order valence-electron chi connectivity index (χ0n) is 60.2. The summed E-state index contributed by atoms with van der Waals surface area (Å²) >= 11 is 17.4. The molecule has 0 radical (unpaired) electrons. The summed E-state index contributed by atoms with van der Waals surface area (Å²) in [6.07, 6.45) is -13.3. The summed E-state index contributed by atoms with van der Waals surface area (Å²) in [7, 11) is 0. The van der Waals surface area contributed by atoms with Gasteiger partial charge in [0.25, 0.3) is 23.7 Å². The number of alkyl halides is 15. The van der Waals surface area contributed by atoms with Gasteiger partial charge >= 0.3 is 36.6 Å². The monoisotopic (exact) mass is 1740 g/mol. The number of amides is 1. The predicted molar refractivity (Wildman–Crippen MR) is 397 cm³/mol. The molecule has 1 atom stereocenters. The van der Waals surface area contributed by atoms with E-state index in [0.29, 0.717) is 69.3 Å². The number of oxazole rings is 2. The fourth-order valence-electron chi connectivity index (χ4n) is 10.4. The normalized spacial score (nSPS) is 13.4. The molecule has 0 aliphatic carbocycles. The summed E-state index contributed by atoms with van der Waals surface area (Å²) in [6.45, 7) is 1.77. The quantitative estimate of drug-likeness (QED) is 0.0102. The molecule has 2 aliphatic heterocycles. The van der Waals surface area contributed by atoms with Crippen molar-refractivity contribution in [2.45, 2.75) is 77.0 Å². The lowest BCUT2D eigenvalue weighted by atomic mass is 9.91. The van der Waals surface area contributed by atoms with Crippen molar-refractivity contribution in [1.29, 1.82) is 0 Å². The number of rotatable bonds is 23. The number of ketones is 2. The molecule has 622 valence electrons. The third kappa shape index (κ3) is 28.9. The zero-order valence-corrected chi connectivity index (χ0v) is 63.3. The van der Waals surface area contributed by atoms with E-state index >= 15 is 0 Å². The zero-order chi connectivity index (χ0) is 85.4. The van der Waals surface area contributed by atoms with Crippen LogP contribution >= 0.6 is 47.2 Å². The van der Waals surface area contributed by atoms with E-state index in [1.807, 2.05) is 0 Å².